The van der Waals surface area contributed by atoms with Gasteiger partial charge < -0.3 is 5.32 Å². The van der Waals surface area contributed by atoms with Gasteiger partial charge in [0.2, 0.25) is 0 Å². The summed E-state index contributed by atoms with van der Waals surface area (Å²) in [6.45, 7) is 2.68. The lowest BCUT2D eigenvalue weighted by Gasteiger charge is -2.12. The van der Waals surface area contributed by atoms with Crippen molar-refractivity contribution in [1.82, 2.24) is 5.32 Å². The molecule has 2 nitrogen and oxygen atoms in total. The number of rotatable bonds is 3. The molecule has 2 atom stereocenters. The number of carbonyl (C=O) groups excluding carboxylic acids is 1. The van der Waals surface area contributed by atoms with Gasteiger partial charge in [-0.05, 0) is 49.8 Å². The molecule has 2 unspecified atom stereocenters. The Hall–Kier alpha value is -0.540. The Kier molecular flexibility index (Phi) is 4.68. The van der Waals surface area contributed by atoms with Crippen LogP contribution in [0.25, 0.3) is 0 Å². The minimum absolute atomic E-state index is 0.00632. The third-order valence-electron chi connectivity index (χ3n) is 3.54. The topological polar surface area (TPSA) is 29.1 Å². The second kappa shape index (κ2) is 6.07. The Morgan fingerprint density at radius 2 is 2.28 bits per heavy atom. The molecule has 0 aliphatic heterocycles. The van der Waals surface area contributed by atoms with Crippen molar-refractivity contribution in [2.75, 3.05) is 6.54 Å². The first-order valence-corrected chi connectivity index (χ1v) is 7.48. The quantitative estimate of drug-likeness (QED) is 0.837. The lowest BCUT2D eigenvalue weighted by Crippen LogP contribution is -2.29. The van der Waals surface area contributed by atoms with Crippen LogP contribution >= 0.6 is 27.5 Å². The van der Waals surface area contributed by atoms with Gasteiger partial charge in [0.25, 0.3) is 5.91 Å². The van der Waals surface area contributed by atoms with Crippen LogP contribution in [-0.4, -0.2) is 17.8 Å². The Balaban J connectivity index is 1.94. The molecule has 0 heterocycles. The highest BCUT2D eigenvalue weighted by Gasteiger charge is 2.23. The van der Waals surface area contributed by atoms with E-state index >= 15 is 0 Å². The minimum Gasteiger partial charge on any atom is -0.352 e. The molecule has 0 radical (unpaired) electrons. The number of hydrogen-bond acceptors (Lipinski definition) is 1. The molecule has 1 N–H and O–H groups in total. The molecule has 1 aromatic carbocycles. The molecule has 0 saturated heterocycles. The van der Waals surface area contributed by atoms with Gasteiger partial charge in [-0.3, -0.25) is 4.79 Å². The average Bonchev–Trinajstić information content (AvgIpc) is 2.76. The van der Waals surface area contributed by atoms with E-state index in [-0.39, 0.29) is 5.91 Å². The summed E-state index contributed by atoms with van der Waals surface area (Å²) in [5.74, 6) is 0.538. The molecule has 2 rings (SSSR count). The predicted molar refractivity (Wildman–Crippen MR) is 78.2 cm³/mol. The van der Waals surface area contributed by atoms with Crippen LogP contribution in [0, 0.1) is 12.8 Å². The van der Waals surface area contributed by atoms with Crippen molar-refractivity contribution in [3.8, 4) is 0 Å². The van der Waals surface area contributed by atoms with Gasteiger partial charge in [-0.25, -0.2) is 0 Å². The van der Waals surface area contributed by atoms with E-state index in [4.69, 9.17) is 11.6 Å². The first-order valence-electron chi connectivity index (χ1n) is 6.25. The first-order chi connectivity index (χ1) is 8.58. The SMILES string of the molecule is Cc1c(Br)cccc1C(=O)NCC1CCC(Cl)C1. The number of nitrogens with one attached hydrogen (secondary N) is 1. The number of hydrogen-bond donors (Lipinski definition) is 1. The molecule has 1 aliphatic rings. The second-order valence-corrected chi connectivity index (χ2v) is 6.37. The maximum absolute atomic E-state index is 12.1. The Labute approximate surface area is 121 Å². The second-order valence-electron chi connectivity index (χ2n) is 4.90. The minimum atomic E-state index is 0.00632. The van der Waals surface area contributed by atoms with Crippen molar-refractivity contribution in [1.29, 1.82) is 0 Å². The molecular formula is C14H17BrClNO. The van der Waals surface area contributed by atoms with Gasteiger partial charge in [-0.1, -0.05) is 22.0 Å². The highest BCUT2D eigenvalue weighted by molar-refractivity contribution is 9.10. The fourth-order valence-electron chi connectivity index (χ4n) is 2.39. The van der Waals surface area contributed by atoms with E-state index in [1.54, 1.807) is 0 Å². The van der Waals surface area contributed by atoms with Crippen LogP contribution in [0.3, 0.4) is 0 Å². The Morgan fingerprint density at radius 3 is 2.94 bits per heavy atom. The van der Waals surface area contributed by atoms with Gasteiger partial charge in [0, 0.05) is 22.0 Å². The summed E-state index contributed by atoms with van der Waals surface area (Å²) in [6, 6.07) is 5.69. The molecule has 18 heavy (non-hydrogen) atoms. The molecule has 4 heteroatoms. The molecule has 1 fully saturated rings. The van der Waals surface area contributed by atoms with Gasteiger partial charge in [0.1, 0.15) is 0 Å². The summed E-state index contributed by atoms with van der Waals surface area (Å²) < 4.78 is 0.969. The van der Waals surface area contributed by atoms with E-state index in [1.165, 1.54) is 0 Å². The molecule has 1 aliphatic carbocycles. The summed E-state index contributed by atoms with van der Waals surface area (Å²) in [4.78, 5) is 12.1. The van der Waals surface area contributed by atoms with Crippen LogP contribution in [0.5, 0.6) is 0 Å². The summed E-state index contributed by atoms with van der Waals surface area (Å²) in [5.41, 5.74) is 1.72. The first kappa shape index (κ1) is 13.9. The van der Waals surface area contributed by atoms with E-state index in [0.29, 0.717) is 11.3 Å². The summed E-state index contributed by atoms with van der Waals surface area (Å²) in [5, 5.41) is 3.30. The van der Waals surface area contributed by atoms with Crippen LogP contribution in [0.4, 0.5) is 0 Å². The molecule has 1 amide bonds. The Bertz CT molecular complexity index is 449. The lowest BCUT2D eigenvalue weighted by molar-refractivity contribution is 0.0946. The summed E-state index contributed by atoms with van der Waals surface area (Å²) >= 11 is 9.51. The Morgan fingerprint density at radius 1 is 1.50 bits per heavy atom. The zero-order valence-corrected chi connectivity index (χ0v) is 12.7. The van der Waals surface area contributed by atoms with Crippen LogP contribution in [0.15, 0.2) is 22.7 Å². The zero-order valence-electron chi connectivity index (χ0n) is 10.4. The number of alkyl halides is 1. The van der Waals surface area contributed by atoms with Crippen LogP contribution in [0.1, 0.15) is 35.2 Å². The van der Waals surface area contributed by atoms with Crippen molar-refractivity contribution in [2.45, 2.75) is 31.6 Å². The summed E-state index contributed by atoms with van der Waals surface area (Å²) in [6.07, 6.45) is 3.20. The van der Waals surface area contributed by atoms with E-state index in [1.807, 2.05) is 25.1 Å². The van der Waals surface area contributed by atoms with E-state index in [2.05, 4.69) is 21.2 Å². The third kappa shape index (κ3) is 3.27. The van der Waals surface area contributed by atoms with Crippen molar-refractivity contribution >= 4 is 33.4 Å². The normalized spacial score (nSPS) is 23.1. The predicted octanol–water partition coefficient (Wildman–Crippen LogP) is 3.89. The van der Waals surface area contributed by atoms with Crippen molar-refractivity contribution in [2.24, 2.45) is 5.92 Å². The van der Waals surface area contributed by atoms with Gasteiger partial charge in [0.15, 0.2) is 0 Å². The molecule has 1 saturated carbocycles. The zero-order chi connectivity index (χ0) is 13.1. The molecular weight excluding hydrogens is 314 g/mol. The van der Waals surface area contributed by atoms with Gasteiger partial charge in [-0.15, -0.1) is 11.6 Å². The maximum Gasteiger partial charge on any atom is 0.251 e. The standard InChI is InChI=1S/C14H17BrClNO/c1-9-12(3-2-4-13(9)15)14(18)17-8-10-5-6-11(16)7-10/h2-4,10-11H,5-8H2,1H3,(H,17,18). The number of benzene rings is 1. The largest absolute Gasteiger partial charge is 0.352 e. The highest BCUT2D eigenvalue weighted by Crippen LogP contribution is 2.28. The van der Waals surface area contributed by atoms with Crippen molar-refractivity contribution in [3.05, 3.63) is 33.8 Å². The van der Waals surface area contributed by atoms with Crippen LogP contribution in [-0.2, 0) is 0 Å². The van der Waals surface area contributed by atoms with Gasteiger partial charge >= 0.3 is 0 Å². The van der Waals surface area contributed by atoms with Crippen molar-refractivity contribution in [3.63, 3.8) is 0 Å². The van der Waals surface area contributed by atoms with E-state index in [9.17, 15) is 4.79 Å². The van der Waals surface area contributed by atoms with Crippen LogP contribution < -0.4 is 5.32 Å². The molecule has 0 spiro atoms. The highest BCUT2D eigenvalue weighted by atomic mass is 79.9. The fourth-order valence-corrected chi connectivity index (χ4v) is 3.13. The maximum atomic E-state index is 12.1. The number of amides is 1. The van der Waals surface area contributed by atoms with E-state index < -0.39 is 0 Å². The van der Waals surface area contributed by atoms with Crippen molar-refractivity contribution < 1.29 is 4.79 Å². The fraction of sp³-hybridized carbons (Fsp3) is 0.500. The van der Waals surface area contributed by atoms with Crippen LogP contribution in [0.2, 0.25) is 0 Å². The number of carbonyl (C=O) groups is 1. The molecule has 1 aromatic rings. The van der Waals surface area contributed by atoms with Gasteiger partial charge in [-0.2, -0.15) is 0 Å². The monoisotopic (exact) mass is 329 g/mol. The summed E-state index contributed by atoms with van der Waals surface area (Å²) in [7, 11) is 0. The third-order valence-corrected chi connectivity index (χ3v) is 4.80. The lowest BCUT2D eigenvalue weighted by atomic mass is 10.1. The molecule has 98 valence electrons. The molecule has 0 aromatic heterocycles. The van der Waals surface area contributed by atoms with Gasteiger partial charge in [0.05, 0.1) is 0 Å². The average molecular weight is 331 g/mol. The smallest absolute Gasteiger partial charge is 0.251 e. The van der Waals surface area contributed by atoms with E-state index in [0.717, 1.165) is 41.4 Å². The number of halogens is 2. The molecule has 0 bridgehead atoms.